The molecule has 2 rings (SSSR count). The average molecular weight is 366 g/mol. The number of rotatable bonds is 3. The number of aryl methyl sites for hydroxylation is 1. The maximum Gasteiger partial charge on any atom is 0.245 e. The van der Waals surface area contributed by atoms with Gasteiger partial charge in [-0.25, -0.2) is 0 Å². The Bertz CT molecular complexity index is 581. The summed E-state index contributed by atoms with van der Waals surface area (Å²) in [5, 5.41) is 2.85. The van der Waals surface area contributed by atoms with Crippen molar-refractivity contribution >= 4 is 34.2 Å². The molecule has 0 heterocycles. The standard InChI is InChI=1S/C15H15IN2O/c1-10-6-8-11(9-7-10)14(17)15(19)18-13-5-3-2-4-12(13)16/h2-9,14H,17H2,1H3,(H,18,19). The van der Waals surface area contributed by atoms with Crippen molar-refractivity contribution in [3.63, 3.8) is 0 Å². The molecule has 0 aliphatic carbocycles. The van der Waals surface area contributed by atoms with E-state index in [0.29, 0.717) is 0 Å². The van der Waals surface area contributed by atoms with Crippen LogP contribution >= 0.6 is 22.6 Å². The minimum atomic E-state index is -0.656. The minimum Gasteiger partial charge on any atom is -0.323 e. The number of amides is 1. The maximum atomic E-state index is 12.1. The summed E-state index contributed by atoms with van der Waals surface area (Å²) < 4.78 is 0.990. The molecule has 0 saturated heterocycles. The summed E-state index contributed by atoms with van der Waals surface area (Å²) in [5.41, 5.74) is 8.72. The Balaban J connectivity index is 2.12. The van der Waals surface area contributed by atoms with Gasteiger partial charge in [-0.2, -0.15) is 0 Å². The van der Waals surface area contributed by atoms with Crippen molar-refractivity contribution in [3.8, 4) is 0 Å². The summed E-state index contributed by atoms with van der Waals surface area (Å²) in [4.78, 5) is 12.1. The van der Waals surface area contributed by atoms with Gasteiger partial charge in [0.1, 0.15) is 6.04 Å². The molecule has 0 aliphatic heterocycles. The lowest BCUT2D eigenvalue weighted by Gasteiger charge is -2.13. The first kappa shape index (κ1) is 14.0. The highest BCUT2D eigenvalue weighted by Gasteiger charge is 2.16. The smallest absolute Gasteiger partial charge is 0.245 e. The van der Waals surface area contributed by atoms with E-state index in [-0.39, 0.29) is 5.91 Å². The molecular weight excluding hydrogens is 351 g/mol. The van der Waals surface area contributed by atoms with E-state index in [2.05, 4.69) is 27.9 Å². The molecule has 3 nitrogen and oxygen atoms in total. The van der Waals surface area contributed by atoms with Crippen LogP contribution in [0, 0.1) is 10.5 Å². The first-order chi connectivity index (χ1) is 9.08. The second kappa shape index (κ2) is 6.16. The van der Waals surface area contributed by atoms with E-state index in [9.17, 15) is 4.79 Å². The van der Waals surface area contributed by atoms with Crippen molar-refractivity contribution < 1.29 is 4.79 Å². The van der Waals surface area contributed by atoms with Crippen molar-refractivity contribution in [1.82, 2.24) is 0 Å². The van der Waals surface area contributed by atoms with E-state index < -0.39 is 6.04 Å². The SMILES string of the molecule is Cc1ccc(C(N)C(=O)Nc2ccccc2I)cc1. The van der Waals surface area contributed by atoms with Crippen LogP contribution in [-0.2, 0) is 4.79 Å². The number of para-hydroxylation sites is 1. The van der Waals surface area contributed by atoms with Gasteiger partial charge in [0.25, 0.3) is 0 Å². The number of carbonyl (C=O) groups excluding carboxylic acids is 1. The van der Waals surface area contributed by atoms with E-state index in [0.717, 1.165) is 20.4 Å². The molecule has 1 amide bonds. The molecule has 3 N–H and O–H groups in total. The van der Waals surface area contributed by atoms with Crippen LogP contribution in [0.3, 0.4) is 0 Å². The number of anilines is 1. The zero-order valence-corrected chi connectivity index (χ0v) is 12.7. The summed E-state index contributed by atoms with van der Waals surface area (Å²) >= 11 is 2.18. The zero-order chi connectivity index (χ0) is 13.8. The van der Waals surface area contributed by atoms with Gasteiger partial charge in [-0.15, -0.1) is 0 Å². The molecule has 2 aromatic rings. The Morgan fingerprint density at radius 2 is 1.79 bits per heavy atom. The number of hydrogen-bond donors (Lipinski definition) is 2. The number of hydrogen-bond acceptors (Lipinski definition) is 2. The van der Waals surface area contributed by atoms with E-state index in [1.165, 1.54) is 0 Å². The second-order valence-corrected chi connectivity index (χ2v) is 5.52. The number of halogens is 1. The van der Waals surface area contributed by atoms with Gasteiger partial charge >= 0.3 is 0 Å². The third kappa shape index (κ3) is 3.54. The van der Waals surface area contributed by atoms with Gasteiger partial charge in [-0.05, 0) is 47.2 Å². The fourth-order valence-electron chi connectivity index (χ4n) is 1.70. The van der Waals surface area contributed by atoms with Crippen LogP contribution in [0.2, 0.25) is 0 Å². The zero-order valence-electron chi connectivity index (χ0n) is 10.6. The van der Waals surface area contributed by atoms with Gasteiger partial charge in [-0.3, -0.25) is 4.79 Å². The molecule has 0 spiro atoms. The Morgan fingerprint density at radius 3 is 2.42 bits per heavy atom. The number of nitrogens with two attached hydrogens (primary N) is 1. The third-order valence-corrected chi connectivity index (χ3v) is 3.79. The largest absolute Gasteiger partial charge is 0.323 e. The van der Waals surface area contributed by atoms with Gasteiger partial charge in [0.15, 0.2) is 0 Å². The van der Waals surface area contributed by atoms with Crippen LogP contribution in [0.4, 0.5) is 5.69 Å². The average Bonchev–Trinajstić information content (AvgIpc) is 2.41. The van der Waals surface area contributed by atoms with Gasteiger partial charge in [0.2, 0.25) is 5.91 Å². The molecule has 0 bridgehead atoms. The Morgan fingerprint density at radius 1 is 1.16 bits per heavy atom. The topological polar surface area (TPSA) is 55.1 Å². The van der Waals surface area contributed by atoms with Gasteiger partial charge in [0.05, 0.1) is 5.69 Å². The lowest BCUT2D eigenvalue weighted by Crippen LogP contribution is -2.28. The first-order valence-corrected chi connectivity index (χ1v) is 7.03. The molecule has 1 unspecified atom stereocenters. The van der Waals surface area contributed by atoms with Crippen molar-refractivity contribution in [2.45, 2.75) is 13.0 Å². The van der Waals surface area contributed by atoms with Crippen molar-refractivity contribution in [2.75, 3.05) is 5.32 Å². The summed E-state index contributed by atoms with van der Waals surface area (Å²) in [6.07, 6.45) is 0. The molecule has 1 atom stereocenters. The predicted octanol–water partition coefficient (Wildman–Crippen LogP) is 3.24. The molecule has 98 valence electrons. The monoisotopic (exact) mass is 366 g/mol. The van der Waals surface area contributed by atoms with Crippen molar-refractivity contribution in [2.24, 2.45) is 5.73 Å². The fourth-order valence-corrected chi connectivity index (χ4v) is 2.22. The molecule has 2 aromatic carbocycles. The Labute approximate surface area is 126 Å². The highest BCUT2D eigenvalue weighted by Crippen LogP contribution is 2.19. The molecule has 4 heteroatoms. The summed E-state index contributed by atoms with van der Waals surface area (Å²) in [5.74, 6) is -0.201. The first-order valence-electron chi connectivity index (χ1n) is 5.95. The third-order valence-electron chi connectivity index (χ3n) is 2.85. The van der Waals surface area contributed by atoms with Crippen LogP contribution in [0.1, 0.15) is 17.2 Å². The molecule has 0 saturated carbocycles. The lowest BCUT2D eigenvalue weighted by molar-refractivity contribution is -0.117. The van der Waals surface area contributed by atoms with Crippen LogP contribution in [0.5, 0.6) is 0 Å². The second-order valence-electron chi connectivity index (χ2n) is 4.36. The molecule has 0 fully saturated rings. The number of carbonyl (C=O) groups is 1. The summed E-state index contributed by atoms with van der Waals surface area (Å²) in [6, 6.07) is 14.6. The maximum absolute atomic E-state index is 12.1. The van der Waals surface area contributed by atoms with Gasteiger partial charge < -0.3 is 11.1 Å². The molecule has 19 heavy (non-hydrogen) atoms. The quantitative estimate of drug-likeness (QED) is 0.820. The van der Waals surface area contributed by atoms with Crippen LogP contribution in [0.25, 0.3) is 0 Å². The van der Waals surface area contributed by atoms with Crippen molar-refractivity contribution in [1.29, 1.82) is 0 Å². The number of benzene rings is 2. The minimum absolute atomic E-state index is 0.201. The molecular formula is C15H15IN2O. The van der Waals surface area contributed by atoms with Gasteiger partial charge in [-0.1, -0.05) is 42.0 Å². The normalized spacial score (nSPS) is 11.9. The Hall–Kier alpha value is -1.40. The van der Waals surface area contributed by atoms with E-state index in [4.69, 9.17) is 5.73 Å². The highest BCUT2D eigenvalue weighted by atomic mass is 127. The highest BCUT2D eigenvalue weighted by molar-refractivity contribution is 14.1. The van der Waals surface area contributed by atoms with E-state index in [1.54, 1.807) is 0 Å². The van der Waals surface area contributed by atoms with Crippen LogP contribution in [0.15, 0.2) is 48.5 Å². The lowest BCUT2D eigenvalue weighted by atomic mass is 10.1. The summed E-state index contributed by atoms with van der Waals surface area (Å²) in [6.45, 7) is 2.00. The summed E-state index contributed by atoms with van der Waals surface area (Å²) in [7, 11) is 0. The molecule has 0 aliphatic rings. The molecule has 0 radical (unpaired) electrons. The fraction of sp³-hybridized carbons (Fsp3) is 0.133. The van der Waals surface area contributed by atoms with Crippen molar-refractivity contribution in [3.05, 3.63) is 63.2 Å². The van der Waals surface area contributed by atoms with Gasteiger partial charge in [0, 0.05) is 3.57 Å². The molecule has 0 aromatic heterocycles. The van der Waals surface area contributed by atoms with Crippen LogP contribution < -0.4 is 11.1 Å². The van der Waals surface area contributed by atoms with Crippen LogP contribution in [-0.4, -0.2) is 5.91 Å². The Kier molecular flexibility index (Phi) is 4.55. The van der Waals surface area contributed by atoms with E-state index >= 15 is 0 Å². The predicted molar refractivity (Wildman–Crippen MR) is 85.9 cm³/mol. The van der Waals surface area contributed by atoms with E-state index in [1.807, 2.05) is 55.5 Å². The number of nitrogens with one attached hydrogen (secondary N) is 1.